The second-order valence-electron chi connectivity index (χ2n) is 8.16. The molecule has 0 spiro atoms. The lowest BCUT2D eigenvalue weighted by Gasteiger charge is -2.14. The molecule has 1 atom stereocenters. The first-order valence-corrected chi connectivity index (χ1v) is 12.2. The molecule has 3 aromatic carbocycles. The molecule has 0 unspecified atom stereocenters. The van der Waals surface area contributed by atoms with Gasteiger partial charge in [-0.15, -0.1) is 0 Å². The first-order valence-electron chi connectivity index (χ1n) is 11.4. The van der Waals surface area contributed by atoms with Crippen LogP contribution in [-0.4, -0.2) is 28.4 Å². The van der Waals surface area contributed by atoms with Gasteiger partial charge in [0.1, 0.15) is 17.4 Å². The average Bonchev–Trinajstić information content (AvgIpc) is 2.88. The first kappa shape index (κ1) is 25.2. The highest BCUT2D eigenvalue weighted by Gasteiger charge is 2.16. The summed E-state index contributed by atoms with van der Waals surface area (Å²) >= 11 is 3.41. The minimum atomic E-state index is -0.531. The number of amides is 1. The first-order chi connectivity index (χ1) is 17.4. The topological polar surface area (TPSA) is 85.6 Å². The molecule has 1 amide bonds. The Kier molecular flexibility index (Phi) is 7.90. The van der Waals surface area contributed by atoms with Gasteiger partial charge in [-0.25, -0.2) is 9.37 Å². The van der Waals surface area contributed by atoms with Crippen molar-refractivity contribution < 1.29 is 13.9 Å². The number of hydrogen-bond donors (Lipinski definition) is 1. The third kappa shape index (κ3) is 5.68. The number of hydrogen-bond acceptors (Lipinski definition) is 5. The van der Waals surface area contributed by atoms with E-state index >= 15 is 0 Å². The van der Waals surface area contributed by atoms with E-state index in [9.17, 15) is 14.0 Å². The molecule has 1 heterocycles. The van der Waals surface area contributed by atoms with Gasteiger partial charge >= 0.3 is 0 Å². The number of rotatable bonds is 8. The van der Waals surface area contributed by atoms with Crippen LogP contribution in [0.4, 0.5) is 10.1 Å². The zero-order chi connectivity index (χ0) is 25.7. The van der Waals surface area contributed by atoms with Crippen molar-refractivity contribution in [3.8, 4) is 5.75 Å². The third-order valence-corrected chi connectivity index (χ3v) is 6.12. The van der Waals surface area contributed by atoms with Crippen LogP contribution in [-0.2, 0) is 4.79 Å². The Balaban J connectivity index is 1.61. The van der Waals surface area contributed by atoms with Gasteiger partial charge in [-0.3, -0.25) is 9.59 Å². The number of carbonyl (C=O) groups excluding carboxylic acids is 1. The van der Waals surface area contributed by atoms with Crippen LogP contribution in [0.2, 0.25) is 0 Å². The van der Waals surface area contributed by atoms with Crippen molar-refractivity contribution in [2.45, 2.75) is 26.2 Å². The van der Waals surface area contributed by atoms with Crippen LogP contribution >= 0.6 is 15.9 Å². The highest BCUT2D eigenvalue weighted by molar-refractivity contribution is 9.10. The second-order valence-corrected chi connectivity index (χ2v) is 9.07. The molecule has 36 heavy (non-hydrogen) atoms. The number of fused-ring (bicyclic) bond motifs is 1. The zero-order valence-electron chi connectivity index (χ0n) is 19.7. The van der Waals surface area contributed by atoms with Crippen molar-refractivity contribution in [2.75, 3.05) is 11.9 Å². The Morgan fingerprint density at radius 3 is 2.72 bits per heavy atom. The van der Waals surface area contributed by atoms with E-state index in [0.717, 1.165) is 10.9 Å². The van der Waals surface area contributed by atoms with E-state index in [1.54, 1.807) is 48.5 Å². The molecule has 0 radical (unpaired) electrons. The summed E-state index contributed by atoms with van der Waals surface area (Å²) in [7, 11) is 0. The predicted octanol–water partition coefficient (Wildman–Crippen LogP) is 5.71. The van der Waals surface area contributed by atoms with Crippen LogP contribution < -0.4 is 15.6 Å². The van der Waals surface area contributed by atoms with E-state index < -0.39 is 11.7 Å². The average molecular weight is 551 g/mol. The van der Waals surface area contributed by atoms with E-state index in [1.165, 1.54) is 23.0 Å². The van der Waals surface area contributed by atoms with Crippen molar-refractivity contribution in [3.63, 3.8) is 0 Å². The van der Waals surface area contributed by atoms with Crippen molar-refractivity contribution >= 4 is 44.6 Å². The molecule has 0 aliphatic heterocycles. The lowest BCUT2D eigenvalue weighted by molar-refractivity contribution is -0.118. The Labute approximate surface area is 215 Å². The summed E-state index contributed by atoms with van der Waals surface area (Å²) in [5, 5.41) is 7.39. The molecule has 1 N–H and O–H groups in total. The minimum absolute atomic E-state index is 0.00327. The number of para-hydroxylation sites is 2. The highest BCUT2D eigenvalue weighted by Crippen LogP contribution is 2.22. The summed E-state index contributed by atoms with van der Waals surface area (Å²) in [5.74, 6) is -0.101. The van der Waals surface area contributed by atoms with Crippen LogP contribution in [0, 0.1) is 5.82 Å². The number of benzene rings is 3. The standard InChI is InChI=1S/C27H24BrFN4O3/c1-3-17(2)26-32-22-13-12-19(28)14-20(22)27(35)33(26)30-15-18-8-4-7-11-24(18)36-16-25(34)31-23-10-6-5-9-21(23)29/h4-15,17H,3,16H2,1-2H3,(H,31,34)/t17-/m1/s1. The fourth-order valence-corrected chi connectivity index (χ4v) is 3.87. The lowest BCUT2D eigenvalue weighted by atomic mass is 10.1. The molecule has 0 saturated heterocycles. The minimum Gasteiger partial charge on any atom is -0.483 e. The molecule has 0 fully saturated rings. The molecule has 4 rings (SSSR count). The smallest absolute Gasteiger partial charge is 0.282 e. The number of carbonyl (C=O) groups is 1. The van der Waals surface area contributed by atoms with Gasteiger partial charge in [-0.2, -0.15) is 9.78 Å². The molecule has 4 aromatic rings. The molecule has 0 aliphatic carbocycles. The van der Waals surface area contributed by atoms with Gasteiger partial charge in [0, 0.05) is 16.0 Å². The van der Waals surface area contributed by atoms with Crippen LogP contribution in [0.1, 0.15) is 37.6 Å². The molecular formula is C27H24BrFN4O3. The summed E-state index contributed by atoms with van der Waals surface area (Å²) in [6.07, 6.45) is 2.28. The SMILES string of the molecule is CC[C@@H](C)c1nc2ccc(Br)cc2c(=O)n1N=Cc1ccccc1OCC(=O)Nc1ccccc1F. The summed E-state index contributed by atoms with van der Waals surface area (Å²) in [4.78, 5) is 30.3. The van der Waals surface area contributed by atoms with Crippen LogP contribution in [0.5, 0.6) is 5.75 Å². The molecule has 184 valence electrons. The van der Waals surface area contributed by atoms with Gasteiger partial charge in [0.25, 0.3) is 11.5 Å². The fourth-order valence-electron chi connectivity index (χ4n) is 3.51. The van der Waals surface area contributed by atoms with Gasteiger partial charge < -0.3 is 10.1 Å². The van der Waals surface area contributed by atoms with Gasteiger partial charge in [-0.05, 0) is 48.9 Å². The third-order valence-electron chi connectivity index (χ3n) is 5.62. The summed E-state index contributed by atoms with van der Waals surface area (Å²) in [5.41, 5.74) is 0.964. The molecule has 0 bridgehead atoms. The number of ether oxygens (including phenoxy) is 1. The molecular weight excluding hydrogens is 527 g/mol. The quantitative estimate of drug-likeness (QED) is 0.284. The Morgan fingerprint density at radius 1 is 1.19 bits per heavy atom. The molecule has 0 saturated carbocycles. The predicted molar refractivity (Wildman–Crippen MR) is 142 cm³/mol. The Morgan fingerprint density at radius 2 is 1.94 bits per heavy atom. The molecule has 0 aliphatic rings. The lowest BCUT2D eigenvalue weighted by Crippen LogP contribution is -2.24. The zero-order valence-corrected chi connectivity index (χ0v) is 21.3. The molecule has 1 aromatic heterocycles. The fraction of sp³-hybridized carbons (Fsp3) is 0.185. The monoisotopic (exact) mass is 550 g/mol. The number of anilines is 1. The van der Waals surface area contributed by atoms with Crippen molar-refractivity contribution in [1.82, 2.24) is 9.66 Å². The summed E-state index contributed by atoms with van der Waals surface area (Å²) in [6, 6.07) is 18.3. The van der Waals surface area contributed by atoms with E-state index in [4.69, 9.17) is 9.72 Å². The maximum Gasteiger partial charge on any atom is 0.282 e. The van der Waals surface area contributed by atoms with Gasteiger partial charge in [0.05, 0.1) is 22.8 Å². The van der Waals surface area contributed by atoms with Crippen molar-refractivity contribution in [3.05, 3.63) is 98.8 Å². The summed E-state index contributed by atoms with van der Waals surface area (Å²) < 4.78 is 21.6. The Hall–Kier alpha value is -3.85. The maximum absolute atomic E-state index is 13.8. The Bertz CT molecular complexity index is 1500. The van der Waals surface area contributed by atoms with Crippen LogP contribution in [0.15, 0.2) is 81.1 Å². The van der Waals surface area contributed by atoms with Crippen LogP contribution in [0.25, 0.3) is 10.9 Å². The second kappa shape index (κ2) is 11.3. The number of nitrogens with zero attached hydrogens (tertiary/aromatic N) is 3. The molecule has 9 heteroatoms. The van der Waals surface area contributed by atoms with E-state index in [1.807, 2.05) is 19.9 Å². The number of halogens is 2. The van der Waals surface area contributed by atoms with Gasteiger partial charge in [0.2, 0.25) is 0 Å². The number of nitrogens with one attached hydrogen (secondary N) is 1. The van der Waals surface area contributed by atoms with Crippen LogP contribution in [0.3, 0.4) is 0 Å². The van der Waals surface area contributed by atoms with Gasteiger partial charge in [0.15, 0.2) is 6.61 Å². The van der Waals surface area contributed by atoms with Gasteiger partial charge in [-0.1, -0.05) is 54.0 Å². The van der Waals surface area contributed by atoms with E-state index in [-0.39, 0.29) is 23.8 Å². The normalized spacial score (nSPS) is 12.1. The maximum atomic E-state index is 13.8. The van der Waals surface area contributed by atoms with Crippen molar-refractivity contribution in [2.24, 2.45) is 5.10 Å². The largest absolute Gasteiger partial charge is 0.483 e. The van der Waals surface area contributed by atoms with Crippen molar-refractivity contribution in [1.29, 1.82) is 0 Å². The summed E-state index contributed by atoms with van der Waals surface area (Å²) in [6.45, 7) is 3.68. The number of aromatic nitrogens is 2. The van der Waals surface area contributed by atoms with E-state index in [0.29, 0.717) is 28.0 Å². The highest BCUT2D eigenvalue weighted by atomic mass is 79.9. The molecule has 7 nitrogen and oxygen atoms in total. The van der Waals surface area contributed by atoms with E-state index in [2.05, 4.69) is 26.3 Å².